The molecule has 1 aromatic rings. The van der Waals surface area contributed by atoms with Crippen LogP contribution in [0.25, 0.3) is 0 Å². The lowest BCUT2D eigenvalue weighted by molar-refractivity contribution is -0.175. The summed E-state index contributed by atoms with van der Waals surface area (Å²) in [6.45, 7) is 4.26. The predicted octanol–water partition coefficient (Wildman–Crippen LogP) is 1.83. The van der Waals surface area contributed by atoms with Gasteiger partial charge in [-0.1, -0.05) is 39.0 Å². The van der Waals surface area contributed by atoms with Crippen molar-refractivity contribution in [2.75, 3.05) is 18.4 Å². The summed E-state index contributed by atoms with van der Waals surface area (Å²) in [5, 5.41) is 6.70. The molecule has 1 saturated heterocycles. The van der Waals surface area contributed by atoms with Crippen molar-refractivity contribution in [1.29, 1.82) is 0 Å². The molecule has 1 aliphatic rings. The first-order chi connectivity index (χ1) is 14.8. The van der Waals surface area contributed by atoms with Crippen molar-refractivity contribution in [2.45, 2.75) is 51.9 Å². The molecule has 0 saturated carbocycles. The highest BCUT2D eigenvalue weighted by Gasteiger charge is 2.43. The van der Waals surface area contributed by atoms with Gasteiger partial charge in [-0.05, 0) is 30.4 Å². The van der Waals surface area contributed by atoms with Crippen molar-refractivity contribution in [3.05, 3.63) is 30.3 Å². The van der Waals surface area contributed by atoms with Gasteiger partial charge < -0.3 is 20.9 Å². The van der Waals surface area contributed by atoms with Crippen molar-refractivity contribution in [3.63, 3.8) is 0 Å². The van der Waals surface area contributed by atoms with Gasteiger partial charge in [0, 0.05) is 12.2 Å². The monoisotopic (exact) mass is 456 g/mol. The van der Waals surface area contributed by atoms with Gasteiger partial charge in [-0.25, -0.2) is 0 Å². The second-order valence-corrected chi connectivity index (χ2v) is 8.59. The molecule has 1 fully saturated rings. The van der Waals surface area contributed by atoms with Crippen molar-refractivity contribution in [1.82, 2.24) is 15.5 Å². The molecule has 0 unspecified atom stereocenters. The molecule has 0 aromatic heterocycles. The van der Waals surface area contributed by atoms with Gasteiger partial charge in [0.05, 0.1) is 6.54 Å². The Bertz CT molecular complexity index is 853. The number of halogens is 3. The van der Waals surface area contributed by atoms with E-state index in [-0.39, 0.29) is 5.91 Å². The Hall–Kier alpha value is -3.11. The normalized spacial score (nSPS) is 17.4. The zero-order valence-electron chi connectivity index (χ0n) is 18.1. The van der Waals surface area contributed by atoms with E-state index >= 15 is 0 Å². The number of anilines is 1. The molecule has 1 aromatic carbocycles. The minimum absolute atomic E-state index is 0.315. The van der Waals surface area contributed by atoms with E-state index in [4.69, 9.17) is 0 Å². The van der Waals surface area contributed by atoms with E-state index in [0.29, 0.717) is 25.1 Å². The van der Waals surface area contributed by atoms with E-state index in [1.807, 2.05) is 0 Å². The summed E-state index contributed by atoms with van der Waals surface area (Å²) in [4.78, 5) is 50.3. The standard InChI is InChI=1S/C21H27F3N4O4/c1-20(2,3)16(27-19(32)21(22,23)24)18(31)25-12-15(29)28-11-7-10-14(28)17(30)26-13-8-5-4-6-9-13/h4-6,8-9,14,16H,7,10-12H2,1-3H3,(H,25,31)(H,26,30)(H,27,32)/t14-,16+/m0/s1. The molecule has 8 nitrogen and oxygen atoms in total. The molecule has 1 aliphatic heterocycles. The lowest BCUT2D eigenvalue weighted by Gasteiger charge is -2.31. The molecule has 0 aliphatic carbocycles. The summed E-state index contributed by atoms with van der Waals surface area (Å²) in [6, 6.07) is 6.49. The molecule has 0 spiro atoms. The molecule has 0 bridgehead atoms. The Labute approximate surface area is 183 Å². The molecule has 32 heavy (non-hydrogen) atoms. The molecule has 4 amide bonds. The molecule has 1 heterocycles. The van der Waals surface area contributed by atoms with Crippen LogP contribution in [0.1, 0.15) is 33.6 Å². The Morgan fingerprint density at radius 2 is 1.72 bits per heavy atom. The predicted molar refractivity (Wildman–Crippen MR) is 110 cm³/mol. The molecule has 2 rings (SSSR count). The maximum atomic E-state index is 12.6. The van der Waals surface area contributed by atoms with Gasteiger partial charge in [0.1, 0.15) is 12.1 Å². The molecule has 3 N–H and O–H groups in total. The number of benzene rings is 1. The molecular weight excluding hydrogens is 429 g/mol. The van der Waals surface area contributed by atoms with Crippen LogP contribution in [0.15, 0.2) is 30.3 Å². The first-order valence-electron chi connectivity index (χ1n) is 10.1. The fraction of sp³-hybridized carbons (Fsp3) is 0.524. The quantitative estimate of drug-likeness (QED) is 0.607. The number of carbonyl (C=O) groups excluding carboxylic acids is 4. The molecule has 2 atom stereocenters. The van der Waals surface area contributed by atoms with E-state index in [1.54, 1.807) is 35.6 Å². The van der Waals surface area contributed by atoms with Gasteiger partial charge in [-0.2, -0.15) is 13.2 Å². The fourth-order valence-electron chi connectivity index (χ4n) is 3.34. The van der Waals surface area contributed by atoms with E-state index in [9.17, 15) is 32.3 Å². The third kappa shape index (κ3) is 6.69. The van der Waals surface area contributed by atoms with Gasteiger partial charge >= 0.3 is 12.1 Å². The number of rotatable bonds is 6. The Balaban J connectivity index is 1.98. The largest absolute Gasteiger partial charge is 0.471 e. The van der Waals surface area contributed by atoms with E-state index in [1.165, 1.54) is 25.7 Å². The molecule has 0 radical (unpaired) electrons. The Kier molecular flexibility index (Phi) is 7.87. The summed E-state index contributed by atoms with van der Waals surface area (Å²) >= 11 is 0. The number of alkyl halides is 3. The highest BCUT2D eigenvalue weighted by Crippen LogP contribution is 2.23. The maximum Gasteiger partial charge on any atom is 0.471 e. The lowest BCUT2D eigenvalue weighted by atomic mass is 9.86. The van der Waals surface area contributed by atoms with Gasteiger partial charge in [0.2, 0.25) is 17.7 Å². The summed E-state index contributed by atoms with van der Waals surface area (Å²) < 4.78 is 37.8. The van der Waals surface area contributed by atoms with Crippen LogP contribution in [0.2, 0.25) is 0 Å². The lowest BCUT2D eigenvalue weighted by Crippen LogP contribution is -2.57. The van der Waals surface area contributed by atoms with Crippen LogP contribution < -0.4 is 16.0 Å². The number of likely N-dealkylation sites (tertiary alicyclic amines) is 1. The maximum absolute atomic E-state index is 12.6. The van der Waals surface area contributed by atoms with Gasteiger partial charge in [-0.3, -0.25) is 19.2 Å². The summed E-state index contributed by atoms with van der Waals surface area (Å²) in [7, 11) is 0. The summed E-state index contributed by atoms with van der Waals surface area (Å²) in [5.41, 5.74) is -0.460. The van der Waals surface area contributed by atoms with Crippen LogP contribution in [0, 0.1) is 5.41 Å². The average Bonchev–Trinajstić information content (AvgIpc) is 3.19. The minimum atomic E-state index is -5.14. The van der Waals surface area contributed by atoms with Crippen LogP contribution in [-0.2, 0) is 19.2 Å². The van der Waals surface area contributed by atoms with Crippen molar-refractivity contribution >= 4 is 29.3 Å². The topological polar surface area (TPSA) is 108 Å². The van der Waals surface area contributed by atoms with Gasteiger partial charge in [-0.15, -0.1) is 0 Å². The summed E-state index contributed by atoms with van der Waals surface area (Å²) in [6.07, 6.45) is -4.10. The van der Waals surface area contributed by atoms with E-state index in [0.717, 1.165) is 0 Å². The average molecular weight is 456 g/mol. The van der Waals surface area contributed by atoms with E-state index < -0.39 is 47.9 Å². The van der Waals surface area contributed by atoms with Crippen molar-refractivity contribution in [2.24, 2.45) is 5.41 Å². The number of para-hydroxylation sites is 1. The minimum Gasteiger partial charge on any atom is -0.345 e. The molecule has 176 valence electrons. The number of hydrogen-bond donors (Lipinski definition) is 3. The second-order valence-electron chi connectivity index (χ2n) is 8.59. The van der Waals surface area contributed by atoms with Gasteiger partial charge in [0.25, 0.3) is 0 Å². The highest BCUT2D eigenvalue weighted by atomic mass is 19.4. The van der Waals surface area contributed by atoms with Crippen molar-refractivity contribution < 1.29 is 32.3 Å². The molecule has 11 heteroatoms. The van der Waals surface area contributed by atoms with Crippen LogP contribution in [0.5, 0.6) is 0 Å². The highest BCUT2D eigenvalue weighted by molar-refractivity contribution is 5.98. The van der Waals surface area contributed by atoms with Crippen LogP contribution in [0.3, 0.4) is 0 Å². The number of nitrogens with zero attached hydrogens (tertiary/aromatic N) is 1. The fourth-order valence-corrected chi connectivity index (χ4v) is 3.34. The molecular formula is C21H27F3N4O4. The zero-order chi connectivity index (χ0) is 24.1. The Morgan fingerprint density at radius 3 is 2.28 bits per heavy atom. The number of amides is 4. The second kappa shape index (κ2) is 10.0. The summed E-state index contributed by atoms with van der Waals surface area (Å²) in [5.74, 6) is -4.07. The van der Waals surface area contributed by atoms with Crippen LogP contribution >= 0.6 is 0 Å². The third-order valence-corrected chi connectivity index (χ3v) is 4.99. The third-order valence-electron chi connectivity index (χ3n) is 4.99. The van der Waals surface area contributed by atoms with E-state index in [2.05, 4.69) is 10.6 Å². The first kappa shape index (κ1) is 25.2. The number of nitrogens with one attached hydrogen (secondary N) is 3. The number of hydrogen-bond acceptors (Lipinski definition) is 4. The van der Waals surface area contributed by atoms with Crippen molar-refractivity contribution in [3.8, 4) is 0 Å². The zero-order valence-corrected chi connectivity index (χ0v) is 18.1. The number of carbonyl (C=O) groups is 4. The van der Waals surface area contributed by atoms with Crippen LogP contribution in [-0.4, -0.2) is 59.9 Å². The van der Waals surface area contributed by atoms with Gasteiger partial charge in [0.15, 0.2) is 0 Å². The SMILES string of the molecule is CC(C)(C)[C@H](NC(=O)C(F)(F)F)C(=O)NCC(=O)N1CCC[C@H]1C(=O)Nc1ccccc1. The Morgan fingerprint density at radius 1 is 1.09 bits per heavy atom. The first-order valence-corrected chi connectivity index (χ1v) is 10.1. The van der Waals surface area contributed by atoms with Crippen LogP contribution in [0.4, 0.5) is 18.9 Å². The smallest absolute Gasteiger partial charge is 0.345 e.